The molecule has 0 bridgehead atoms. The Balaban J connectivity index is 1.89. The van der Waals surface area contributed by atoms with Crippen LogP contribution in [0.5, 0.6) is 0 Å². The third-order valence-electron chi connectivity index (χ3n) is 5.26. The average Bonchev–Trinajstić information content (AvgIpc) is 2.93. The van der Waals surface area contributed by atoms with E-state index < -0.39 is 12.0 Å². The van der Waals surface area contributed by atoms with E-state index in [0.29, 0.717) is 13.0 Å². The number of ether oxygens (including phenoxy) is 1. The largest absolute Gasteiger partial charge is 0.466 e. The van der Waals surface area contributed by atoms with Gasteiger partial charge in [0.25, 0.3) is 0 Å². The normalized spacial score (nSPS) is 27.7. The molecule has 0 aromatic heterocycles. The second-order valence-electron chi connectivity index (χ2n) is 6.39. The summed E-state index contributed by atoms with van der Waals surface area (Å²) >= 11 is 0. The number of carbonyl (C=O) groups is 1. The summed E-state index contributed by atoms with van der Waals surface area (Å²) < 4.78 is 5.25. The number of hydrogen-bond donors (Lipinski definition) is 1. The van der Waals surface area contributed by atoms with Gasteiger partial charge in [0.1, 0.15) is 0 Å². The maximum atomic E-state index is 12.5. The predicted molar refractivity (Wildman–Crippen MR) is 88.1 cm³/mol. The van der Waals surface area contributed by atoms with Crippen LogP contribution in [0, 0.1) is 5.92 Å². The van der Waals surface area contributed by atoms with Crippen molar-refractivity contribution in [1.82, 2.24) is 0 Å². The number of fused-ring (bicyclic) bond motifs is 6. The third-order valence-corrected chi connectivity index (χ3v) is 5.26. The van der Waals surface area contributed by atoms with Crippen molar-refractivity contribution in [3.8, 4) is 11.1 Å². The lowest BCUT2D eigenvalue weighted by Crippen LogP contribution is -2.30. The number of hydrogen-bond acceptors (Lipinski definition) is 3. The van der Waals surface area contributed by atoms with Crippen LogP contribution >= 0.6 is 0 Å². The maximum absolute atomic E-state index is 12.5. The van der Waals surface area contributed by atoms with Crippen molar-refractivity contribution >= 4 is 5.97 Å². The first-order valence-corrected chi connectivity index (χ1v) is 8.25. The highest BCUT2D eigenvalue weighted by Crippen LogP contribution is 2.57. The summed E-state index contributed by atoms with van der Waals surface area (Å²) in [5, 5.41) is 10.6. The van der Waals surface area contributed by atoms with E-state index in [1.165, 1.54) is 16.7 Å². The van der Waals surface area contributed by atoms with Gasteiger partial charge in [-0.2, -0.15) is 0 Å². The molecule has 2 aromatic carbocycles. The summed E-state index contributed by atoms with van der Waals surface area (Å²) in [6.07, 6.45) is -0.0391. The molecule has 3 nitrogen and oxygen atoms in total. The maximum Gasteiger partial charge on any atom is 0.312 e. The van der Waals surface area contributed by atoms with Crippen molar-refractivity contribution in [2.75, 3.05) is 6.61 Å². The fraction of sp³-hybridized carbons (Fsp3) is 0.350. The standard InChI is InChI=1S/C20H20O3/c1-2-23-20(22)19-17(21)11-16-14-9-4-3-7-12(14)13-8-5-6-10-15(13)18(16)19/h3-10,16-19,21H,2,11H2,1H3/t16-,17-,18-,19-/m0/s1. The second kappa shape index (κ2) is 5.50. The van der Waals surface area contributed by atoms with Crippen molar-refractivity contribution in [1.29, 1.82) is 0 Å². The molecular weight excluding hydrogens is 288 g/mol. The molecule has 4 rings (SSSR count). The highest BCUT2D eigenvalue weighted by Gasteiger charge is 2.51. The zero-order valence-electron chi connectivity index (χ0n) is 13.1. The first-order valence-electron chi connectivity index (χ1n) is 8.25. The molecule has 1 N–H and O–H groups in total. The summed E-state index contributed by atoms with van der Waals surface area (Å²) in [7, 11) is 0. The summed E-state index contributed by atoms with van der Waals surface area (Å²) in [4.78, 5) is 12.5. The molecule has 118 valence electrons. The van der Waals surface area contributed by atoms with Crippen LogP contribution in [0.25, 0.3) is 11.1 Å². The third kappa shape index (κ3) is 2.11. The van der Waals surface area contributed by atoms with Crippen molar-refractivity contribution in [2.24, 2.45) is 5.92 Å². The van der Waals surface area contributed by atoms with Crippen LogP contribution < -0.4 is 0 Å². The van der Waals surface area contributed by atoms with Crippen molar-refractivity contribution in [3.63, 3.8) is 0 Å². The lowest BCUT2D eigenvalue weighted by Gasteiger charge is -2.33. The van der Waals surface area contributed by atoms with E-state index in [-0.39, 0.29) is 17.8 Å². The fourth-order valence-electron chi connectivity index (χ4n) is 4.41. The fourth-order valence-corrected chi connectivity index (χ4v) is 4.41. The van der Waals surface area contributed by atoms with Crippen molar-refractivity contribution in [2.45, 2.75) is 31.3 Å². The molecule has 0 amide bonds. The zero-order valence-corrected chi connectivity index (χ0v) is 13.1. The SMILES string of the molecule is CCOC(=O)[C@@H]1[C@H]2c3ccccc3-c3ccccc3[C@@H]2C[C@@H]1O. The van der Waals surface area contributed by atoms with Crippen LogP contribution in [0.4, 0.5) is 0 Å². The summed E-state index contributed by atoms with van der Waals surface area (Å²) in [6, 6.07) is 16.6. The first kappa shape index (κ1) is 14.5. The Kier molecular flexibility index (Phi) is 3.46. The number of carbonyl (C=O) groups excluding carboxylic acids is 1. The van der Waals surface area contributed by atoms with E-state index in [4.69, 9.17) is 4.74 Å². The van der Waals surface area contributed by atoms with Crippen molar-refractivity contribution < 1.29 is 14.6 Å². The van der Waals surface area contributed by atoms with Gasteiger partial charge in [-0.05, 0) is 41.5 Å². The van der Waals surface area contributed by atoms with Gasteiger partial charge < -0.3 is 9.84 Å². The van der Waals surface area contributed by atoms with E-state index in [2.05, 4.69) is 24.3 Å². The number of rotatable bonds is 2. The van der Waals surface area contributed by atoms with E-state index in [1.54, 1.807) is 6.92 Å². The van der Waals surface area contributed by atoms with Gasteiger partial charge in [-0.1, -0.05) is 48.5 Å². The van der Waals surface area contributed by atoms with E-state index in [1.807, 2.05) is 24.3 Å². The average molecular weight is 308 g/mol. The number of aliphatic hydroxyl groups is 1. The van der Waals surface area contributed by atoms with Gasteiger partial charge in [-0.25, -0.2) is 0 Å². The Morgan fingerprint density at radius 2 is 1.70 bits per heavy atom. The summed E-state index contributed by atoms with van der Waals surface area (Å²) in [5.74, 6) is -0.586. The predicted octanol–water partition coefficient (Wildman–Crippen LogP) is 3.48. The lowest BCUT2D eigenvalue weighted by molar-refractivity contribution is -0.151. The molecule has 3 heteroatoms. The molecule has 0 saturated heterocycles. The van der Waals surface area contributed by atoms with Gasteiger partial charge in [0.2, 0.25) is 0 Å². The minimum atomic E-state index is -0.650. The lowest BCUT2D eigenvalue weighted by atomic mass is 9.71. The van der Waals surface area contributed by atoms with Crippen LogP contribution in [-0.2, 0) is 9.53 Å². The molecule has 4 atom stereocenters. The molecule has 0 spiro atoms. The van der Waals surface area contributed by atoms with Gasteiger partial charge >= 0.3 is 5.97 Å². The van der Waals surface area contributed by atoms with Crippen LogP contribution in [0.15, 0.2) is 48.5 Å². The van der Waals surface area contributed by atoms with Crippen LogP contribution in [0.1, 0.15) is 36.3 Å². The molecule has 1 fully saturated rings. The molecule has 1 saturated carbocycles. The van der Waals surface area contributed by atoms with Gasteiger partial charge in [0.15, 0.2) is 0 Å². The molecule has 0 radical (unpaired) electrons. The molecule has 0 unspecified atom stereocenters. The topological polar surface area (TPSA) is 46.5 Å². The summed E-state index contributed by atoms with van der Waals surface area (Å²) in [6.45, 7) is 2.15. The zero-order chi connectivity index (χ0) is 16.0. The first-order chi connectivity index (χ1) is 11.2. The van der Waals surface area contributed by atoms with E-state index in [0.717, 1.165) is 5.56 Å². The molecule has 23 heavy (non-hydrogen) atoms. The Morgan fingerprint density at radius 1 is 1.09 bits per heavy atom. The smallest absolute Gasteiger partial charge is 0.312 e. The van der Waals surface area contributed by atoms with Gasteiger partial charge in [-0.3, -0.25) is 4.79 Å². The monoisotopic (exact) mass is 308 g/mol. The Labute approximate surface area is 135 Å². The van der Waals surface area contributed by atoms with E-state index in [9.17, 15) is 9.90 Å². The van der Waals surface area contributed by atoms with Crippen LogP contribution in [-0.4, -0.2) is 23.8 Å². The molecule has 2 aliphatic carbocycles. The number of benzene rings is 2. The number of esters is 1. The van der Waals surface area contributed by atoms with Gasteiger partial charge in [0, 0.05) is 5.92 Å². The summed E-state index contributed by atoms with van der Waals surface area (Å²) in [5.41, 5.74) is 4.79. The van der Waals surface area contributed by atoms with Crippen molar-refractivity contribution in [3.05, 3.63) is 59.7 Å². The van der Waals surface area contributed by atoms with E-state index >= 15 is 0 Å². The highest BCUT2D eigenvalue weighted by molar-refractivity contribution is 5.81. The highest BCUT2D eigenvalue weighted by atomic mass is 16.5. The molecular formula is C20H20O3. The Hall–Kier alpha value is -2.13. The molecule has 0 aliphatic heterocycles. The quantitative estimate of drug-likeness (QED) is 0.864. The minimum Gasteiger partial charge on any atom is -0.466 e. The molecule has 2 aromatic rings. The Morgan fingerprint density at radius 3 is 2.39 bits per heavy atom. The number of aliphatic hydroxyl groups excluding tert-OH is 1. The van der Waals surface area contributed by atoms with Crippen LogP contribution in [0.3, 0.4) is 0 Å². The van der Waals surface area contributed by atoms with Gasteiger partial charge in [-0.15, -0.1) is 0 Å². The minimum absolute atomic E-state index is 0.00449. The Bertz CT molecular complexity index is 752. The van der Waals surface area contributed by atoms with Crippen LogP contribution in [0.2, 0.25) is 0 Å². The second-order valence-corrected chi connectivity index (χ2v) is 6.39. The molecule has 0 heterocycles. The van der Waals surface area contributed by atoms with Gasteiger partial charge in [0.05, 0.1) is 18.6 Å². The molecule has 2 aliphatic rings.